The Labute approximate surface area is 126 Å². The van der Waals surface area contributed by atoms with Gasteiger partial charge in [-0.3, -0.25) is 0 Å². The summed E-state index contributed by atoms with van der Waals surface area (Å²) in [6.07, 6.45) is 1.54. The summed E-state index contributed by atoms with van der Waals surface area (Å²) in [6, 6.07) is 11.2. The zero-order valence-electron chi connectivity index (χ0n) is 11.6. The monoisotopic (exact) mass is 295 g/mol. The van der Waals surface area contributed by atoms with Gasteiger partial charge in [0.2, 0.25) is 11.8 Å². The summed E-state index contributed by atoms with van der Waals surface area (Å²) in [7, 11) is 0. The Morgan fingerprint density at radius 2 is 2.23 bits per heavy atom. The van der Waals surface area contributed by atoms with Crippen LogP contribution < -0.4 is 15.4 Å². The molecule has 7 heteroatoms. The molecule has 0 aliphatic carbocycles. The number of para-hydroxylation sites is 2. The van der Waals surface area contributed by atoms with Crippen molar-refractivity contribution in [1.82, 2.24) is 9.97 Å². The molecule has 0 unspecified atom stereocenters. The molecule has 2 heterocycles. The standard InChI is InChI=1S/C15H13N5O2/c16-9-10(11-5-6-17-15(20-11)18-7-8-21)14-19-12-3-1-2-4-13(12)22-14/h1-6,19,21H,7-8H2,(H,17,18,20)/b14-10+. The van der Waals surface area contributed by atoms with Crippen LogP contribution in [-0.4, -0.2) is 28.2 Å². The van der Waals surface area contributed by atoms with Gasteiger partial charge in [-0.2, -0.15) is 5.26 Å². The minimum atomic E-state index is -0.0280. The predicted molar refractivity (Wildman–Crippen MR) is 80.8 cm³/mol. The number of anilines is 2. The van der Waals surface area contributed by atoms with Crippen LogP contribution in [0.25, 0.3) is 5.57 Å². The average Bonchev–Trinajstić information content (AvgIpc) is 2.97. The molecular weight excluding hydrogens is 282 g/mol. The van der Waals surface area contributed by atoms with Crippen molar-refractivity contribution < 1.29 is 9.84 Å². The normalized spacial score (nSPS) is 14.4. The third kappa shape index (κ3) is 2.68. The second-order valence-corrected chi connectivity index (χ2v) is 4.46. The van der Waals surface area contributed by atoms with Gasteiger partial charge in [0.15, 0.2) is 5.75 Å². The maximum Gasteiger partial charge on any atom is 0.223 e. The molecule has 1 aliphatic rings. The fourth-order valence-electron chi connectivity index (χ4n) is 2.01. The Balaban J connectivity index is 1.93. The number of aliphatic hydroxyl groups excluding tert-OH is 1. The van der Waals surface area contributed by atoms with E-state index in [-0.39, 0.29) is 12.2 Å². The van der Waals surface area contributed by atoms with Crippen molar-refractivity contribution in [3.63, 3.8) is 0 Å². The molecule has 2 aromatic rings. The SMILES string of the molecule is N#C/C(=C1/Nc2ccccc2O1)c1ccnc(NCCO)n1. The van der Waals surface area contributed by atoms with E-state index in [2.05, 4.69) is 26.7 Å². The number of nitrogens with one attached hydrogen (secondary N) is 2. The van der Waals surface area contributed by atoms with Crippen LogP contribution in [0.15, 0.2) is 42.4 Å². The fraction of sp³-hybridized carbons (Fsp3) is 0.133. The van der Waals surface area contributed by atoms with Gasteiger partial charge in [-0.05, 0) is 18.2 Å². The average molecular weight is 295 g/mol. The Kier molecular flexibility index (Phi) is 3.85. The molecule has 3 rings (SSSR count). The number of aliphatic hydroxyl groups is 1. The highest BCUT2D eigenvalue weighted by Gasteiger charge is 2.21. The third-order valence-corrected chi connectivity index (χ3v) is 2.99. The van der Waals surface area contributed by atoms with Gasteiger partial charge in [0.05, 0.1) is 18.0 Å². The summed E-state index contributed by atoms with van der Waals surface area (Å²) in [5.74, 6) is 1.35. The summed E-state index contributed by atoms with van der Waals surface area (Å²) in [5.41, 5.74) is 1.52. The van der Waals surface area contributed by atoms with Crippen LogP contribution in [0.2, 0.25) is 0 Å². The van der Waals surface area contributed by atoms with Crippen molar-refractivity contribution in [2.45, 2.75) is 0 Å². The van der Waals surface area contributed by atoms with Gasteiger partial charge in [-0.15, -0.1) is 0 Å². The number of hydrogen-bond acceptors (Lipinski definition) is 7. The van der Waals surface area contributed by atoms with Gasteiger partial charge < -0.3 is 20.5 Å². The van der Waals surface area contributed by atoms with E-state index in [4.69, 9.17) is 9.84 Å². The second-order valence-electron chi connectivity index (χ2n) is 4.46. The highest BCUT2D eigenvalue weighted by Crippen LogP contribution is 2.35. The minimum absolute atomic E-state index is 0.0280. The number of fused-ring (bicyclic) bond motifs is 1. The number of hydrogen-bond donors (Lipinski definition) is 3. The highest BCUT2D eigenvalue weighted by molar-refractivity contribution is 5.81. The van der Waals surface area contributed by atoms with Crippen LogP contribution in [-0.2, 0) is 0 Å². The Morgan fingerprint density at radius 3 is 3.00 bits per heavy atom. The van der Waals surface area contributed by atoms with Crippen LogP contribution in [0.5, 0.6) is 5.75 Å². The molecule has 1 aromatic heterocycles. The first-order valence-corrected chi connectivity index (χ1v) is 6.68. The number of benzene rings is 1. The van der Waals surface area contributed by atoms with Crippen molar-refractivity contribution in [3.8, 4) is 11.8 Å². The van der Waals surface area contributed by atoms with Crippen LogP contribution in [0.3, 0.4) is 0 Å². The number of ether oxygens (including phenoxy) is 1. The Hall–Kier alpha value is -3.11. The number of allylic oxidation sites excluding steroid dienone is 1. The first-order chi connectivity index (χ1) is 10.8. The van der Waals surface area contributed by atoms with Crippen molar-refractivity contribution in [2.24, 2.45) is 0 Å². The van der Waals surface area contributed by atoms with Crippen molar-refractivity contribution in [2.75, 3.05) is 23.8 Å². The van der Waals surface area contributed by atoms with E-state index in [1.54, 1.807) is 12.3 Å². The molecular formula is C15H13N5O2. The molecule has 0 saturated heterocycles. The van der Waals surface area contributed by atoms with E-state index in [9.17, 15) is 5.26 Å². The van der Waals surface area contributed by atoms with E-state index in [0.717, 1.165) is 5.69 Å². The molecule has 110 valence electrons. The van der Waals surface area contributed by atoms with Crippen LogP contribution in [0.1, 0.15) is 5.69 Å². The first-order valence-electron chi connectivity index (χ1n) is 6.68. The summed E-state index contributed by atoms with van der Waals surface area (Å²) in [5, 5.41) is 24.2. The summed E-state index contributed by atoms with van der Waals surface area (Å²) >= 11 is 0. The zero-order valence-corrected chi connectivity index (χ0v) is 11.6. The highest BCUT2D eigenvalue weighted by atomic mass is 16.5. The number of nitriles is 1. The summed E-state index contributed by atoms with van der Waals surface area (Å²) < 4.78 is 5.66. The molecule has 0 radical (unpaired) electrons. The Morgan fingerprint density at radius 1 is 1.36 bits per heavy atom. The van der Waals surface area contributed by atoms with Gasteiger partial charge in [-0.1, -0.05) is 12.1 Å². The van der Waals surface area contributed by atoms with E-state index >= 15 is 0 Å². The van der Waals surface area contributed by atoms with Gasteiger partial charge in [0, 0.05) is 12.7 Å². The van der Waals surface area contributed by atoms with E-state index in [1.165, 1.54) is 0 Å². The molecule has 0 spiro atoms. The molecule has 1 aliphatic heterocycles. The molecule has 22 heavy (non-hydrogen) atoms. The lowest BCUT2D eigenvalue weighted by molar-refractivity contribution is 0.311. The van der Waals surface area contributed by atoms with Crippen molar-refractivity contribution in [1.29, 1.82) is 5.26 Å². The second kappa shape index (κ2) is 6.11. The van der Waals surface area contributed by atoms with E-state index < -0.39 is 0 Å². The molecule has 0 amide bonds. The molecule has 0 atom stereocenters. The predicted octanol–water partition coefficient (Wildman–Crippen LogP) is 1.58. The molecule has 0 saturated carbocycles. The number of rotatable bonds is 4. The molecule has 7 nitrogen and oxygen atoms in total. The molecule has 0 fully saturated rings. The van der Waals surface area contributed by atoms with E-state index in [0.29, 0.717) is 29.8 Å². The van der Waals surface area contributed by atoms with Crippen molar-refractivity contribution in [3.05, 3.63) is 48.1 Å². The smallest absolute Gasteiger partial charge is 0.223 e. The van der Waals surface area contributed by atoms with Gasteiger partial charge in [0.25, 0.3) is 0 Å². The largest absolute Gasteiger partial charge is 0.437 e. The lowest BCUT2D eigenvalue weighted by atomic mass is 10.2. The van der Waals surface area contributed by atoms with Gasteiger partial charge in [0.1, 0.15) is 11.6 Å². The lowest BCUT2D eigenvalue weighted by Gasteiger charge is -2.06. The molecule has 1 aromatic carbocycles. The molecule has 0 bridgehead atoms. The van der Waals surface area contributed by atoms with Crippen LogP contribution >= 0.6 is 0 Å². The quantitative estimate of drug-likeness (QED) is 0.736. The Bertz CT molecular complexity index is 740. The maximum absolute atomic E-state index is 9.44. The van der Waals surface area contributed by atoms with Gasteiger partial charge in [-0.25, -0.2) is 9.97 Å². The summed E-state index contributed by atoms with van der Waals surface area (Å²) in [6.45, 7) is 0.307. The number of nitrogens with zero attached hydrogens (tertiary/aromatic N) is 3. The zero-order chi connectivity index (χ0) is 15.4. The topological polar surface area (TPSA) is 103 Å². The van der Waals surface area contributed by atoms with Gasteiger partial charge >= 0.3 is 0 Å². The third-order valence-electron chi connectivity index (χ3n) is 2.99. The van der Waals surface area contributed by atoms with Crippen LogP contribution in [0.4, 0.5) is 11.6 Å². The van der Waals surface area contributed by atoms with E-state index in [1.807, 2.05) is 24.3 Å². The molecule has 3 N–H and O–H groups in total. The maximum atomic E-state index is 9.44. The summed E-state index contributed by atoms with van der Waals surface area (Å²) in [4.78, 5) is 8.29. The minimum Gasteiger partial charge on any atom is -0.437 e. The van der Waals surface area contributed by atoms with Crippen molar-refractivity contribution >= 4 is 17.2 Å². The number of aromatic nitrogens is 2. The first kappa shape index (κ1) is 13.9. The van der Waals surface area contributed by atoms with Crippen LogP contribution in [0, 0.1) is 11.3 Å². The fourth-order valence-corrected chi connectivity index (χ4v) is 2.01. The lowest BCUT2D eigenvalue weighted by Crippen LogP contribution is -2.10.